The van der Waals surface area contributed by atoms with Gasteiger partial charge < -0.3 is 4.74 Å². The van der Waals surface area contributed by atoms with Crippen molar-refractivity contribution >= 4 is 20.0 Å². The Hall–Kier alpha value is -2.30. The number of rotatable bonds is 10. The molecule has 0 amide bonds. The summed E-state index contributed by atoms with van der Waals surface area (Å²) in [5.41, 5.74) is 1.46. The number of benzene rings is 2. The molecular weight excluding hydrogens is 436 g/mol. The van der Waals surface area contributed by atoms with Gasteiger partial charge in [0, 0.05) is 28.2 Å². The van der Waals surface area contributed by atoms with Gasteiger partial charge in [-0.3, -0.25) is 0 Å². The quantitative estimate of drug-likeness (QED) is 0.504. The van der Waals surface area contributed by atoms with Gasteiger partial charge in [-0.25, -0.2) is 25.4 Å². The van der Waals surface area contributed by atoms with Crippen molar-refractivity contribution in [2.24, 2.45) is 0 Å². The number of nitrogens with zero attached hydrogens (tertiary/aromatic N) is 2. The van der Waals surface area contributed by atoms with Crippen molar-refractivity contribution in [1.29, 1.82) is 0 Å². The van der Waals surface area contributed by atoms with Crippen molar-refractivity contribution in [3.05, 3.63) is 85.0 Å². The highest BCUT2D eigenvalue weighted by Crippen LogP contribution is 2.30. The fourth-order valence-electron chi connectivity index (χ4n) is 2.78. The molecule has 0 fully saturated rings. The van der Waals surface area contributed by atoms with Crippen molar-refractivity contribution in [3.8, 4) is 0 Å². The van der Waals surface area contributed by atoms with Crippen LogP contribution in [0.3, 0.4) is 0 Å². The molecule has 2 aromatic carbocycles. The predicted molar refractivity (Wildman–Crippen MR) is 122 cm³/mol. The van der Waals surface area contributed by atoms with Crippen LogP contribution in [0, 0.1) is 0 Å². The average Bonchev–Trinajstić information content (AvgIpc) is 2.74. The van der Waals surface area contributed by atoms with E-state index >= 15 is 0 Å². The highest BCUT2D eigenvalue weighted by molar-refractivity contribution is 7.89. The van der Waals surface area contributed by atoms with Crippen LogP contribution in [0.15, 0.2) is 83.6 Å². The first-order chi connectivity index (χ1) is 14.4. The third-order valence-electron chi connectivity index (χ3n) is 4.70. The molecule has 2 atom stereocenters. The summed E-state index contributed by atoms with van der Waals surface area (Å²) in [5, 5.41) is 0. The fraction of sp³-hybridized carbons (Fsp3) is 0.273. The Labute approximate surface area is 185 Å². The van der Waals surface area contributed by atoms with E-state index in [4.69, 9.17) is 4.74 Å². The molecule has 0 heterocycles. The molecule has 0 saturated carbocycles. The van der Waals surface area contributed by atoms with Crippen molar-refractivity contribution in [1.82, 2.24) is 8.61 Å². The molecule has 7 nitrogen and oxygen atoms in total. The van der Waals surface area contributed by atoms with Gasteiger partial charge in [0.1, 0.15) is 12.2 Å². The molecule has 168 valence electrons. The van der Waals surface area contributed by atoms with Gasteiger partial charge in [-0.05, 0) is 35.4 Å². The second-order valence-electron chi connectivity index (χ2n) is 7.16. The molecule has 9 heteroatoms. The lowest BCUT2D eigenvalue weighted by Crippen LogP contribution is -2.22. The van der Waals surface area contributed by atoms with Crippen LogP contribution in [-0.2, 0) is 24.8 Å². The van der Waals surface area contributed by atoms with E-state index in [2.05, 4.69) is 13.2 Å². The van der Waals surface area contributed by atoms with Gasteiger partial charge in [-0.1, -0.05) is 36.4 Å². The van der Waals surface area contributed by atoms with Gasteiger partial charge in [-0.15, -0.1) is 13.2 Å². The van der Waals surface area contributed by atoms with Crippen LogP contribution in [0.2, 0.25) is 0 Å². The second-order valence-corrected chi connectivity index (χ2v) is 11.5. The first kappa shape index (κ1) is 25.0. The first-order valence-electron chi connectivity index (χ1n) is 9.40. The standard InChI is InChI=1S/C22H28N2O5S2/c1-7-21(17-9-13-19(14-10-17)30(25,26)23(3)4)29-22(8-2)18-11-15-20(16-12-18)31(27,28)24(5)6/h7-16,21-22H,1-2H2,3-6H3. The monoisotopic (exact) mass is 464 g/mol. The lowest BCUT2D eigenvalue weighted by atomic mass is 10.1. The Bertz CT molecular complexity index is 1030. The maximum absolute atomic E-state index is 12.2. The zero-order valence-electron chi connectivity index (χ0n) is 18.1. The van der Waals surface area contributed by atoms with Crippen molar-refractivity contribution in [2.75, 3.05) is 28.2 Å². The molecule has 31 heavy (non-hydrogen) atoms. The average molecular weight is 465 g/mol. The molecule has 0 saturated heterocycles. The molecule has 0 spiro atoms. The third kappa shape index (κ3) is 5.50. The Morgan fingerprint density at radius 1 is 0.677 bits per heavy atom. The molecular formula is C22H28N2O5S2. The van der Waals surface area contributed by atoms with E-state index in [1.54, 1.807) is 36.4 Å². The molecule has 2 aromatic rings. The topological polar surface area (TPSA) is 84.0 Å². The number of hydrogen-bond donors (Lipinski definition) is 0. The minimum absolute atomic E-state index is 0.182. The Balaban J connectivity index is 2.26. The zero-order valence-corrected chi connectivity index (χ0v) is 19.7. The summed E-state index contributed by atoms with van der Waals surface area (Å²) in [5.74, 6) is 0. The Morgan fingerprint density at radius 2 is 0.968 bits per heavy atom. The molecule has 2 unspecified atom stereocenters. The minimum Gasteiger partial charge on any atom is -0.357 e. The maximum Gasteiger partial charge on any atom is 0.242 e. The van der Waals surface area contributed by atoms with Crippen LogP contribution in [0.4, 0.5) is 0 Å². The summed E-state index contributed by atoms with van der Waals surface area (Å²) in [6, 6.07) is 12.8. The van der Waals surface area contributed by atoms with E-state index in [9.17, 15) is 16.8 Å². The van der Waals surface area contributed by atoms with E-state index in [1.165, 1.54) is 52.5 Å². The number of hydrogen-bond acceptors (Lipinski definition) is 5. The molecule has 0 radical (unpaired) electrons. The van der Waals surface area contributed by atoms with E-state index in [1.807, 2.05) is 0 Å². The van der Waals surface area contributed by atoms with Crippen LogP contribution in [0.25, 0.3) is 0 Å². The summed E-state index contributed by atoms with van der Waals surface area (Å²) in [4.78, 5) is 0.365. The maximum atomic E-state index is 12.2. The summed E-state index contributed by atoms with van der Waals surface area (Å²) in [6.45, 7) is 7.63. The third-order valence-corrected chi connectivity index (χ3v) is 8.35. The zero-order chi connectivity index (χ0) is 23.4. The van der Waals surface area contributed by atoms with Gasteiger partial charge in [0.2, 0.25) is 20.0 Å². The van der Waals surface area contributed by atoms with Gasteiger partial charge in [0.15, 0.2) is 0 Å². The van der Waals surface area contributed by atoms with Crippen LogP contribution < -0.4 is 0 Å². The largest absolute Gasteiger partial charge is 0.357 e. The molecule has 0 aliphatic heterocycles. The van der Waals surface area contributed by atoms with Crippen molar-refractivity contribution < 1.29 is 21.6 Å². The highest BCUT2D eigenvalue weighted by atomic mass is 32.2. The first-order valence-corrected chi connectivity index (χ1v) is 12.3. The Kier molecular flexibility index (Phi) is 7.96. The lowest BCUT2D eigenvalue weighted by molar-refractivity contribution is 0.0402. The number of ether oxygens (including phenoxy) is 1. The van der Waals surface area contributed by atoms with Gasteiger partial charge >= 0.3 is 0 Å². The molecule has 0 aromatic heterocycles. The summed E-state index contributed by atoms with van der Waals surface area (Å²) < 4.78 is 57.4. The summed E-state index contributed by atoms with van der Waals surface area (Å²) in [6.07, 6.45) is 2.17. The fourth-order valence-corrected chi connectivity index (χ4v) is 4.58. The molecule has 0 bridgehead atoms. The molecule has 0 aliphatic carbocycles. The second kappa shape index (κ2) is 9.88. The summed E-state index contributed by atoms with van der Waals surface area (Å²) >= 11 is 0. The number of sulfonamides is 2. The summed E-state index contributed by atoms with van der Waals surface area (Å²) in [7, 11) is -1.14. The SMILES string of the molecule is C=CC(OC(C=C)c1ccc(S(=O)(=O)N(C)C)cc1)c1ccc(S(=O)(=O)N(C)C)cc1. The molecule has 2 rings (SSSR count). The van der Waals surface area contributed by atoms with Gasteiger partial charge in [0.25, 0.3) is 0 Å². The lowest BCUT2D eigenvalue weighted by Gasteiger charge is -2.22. The van der Waals surface area contributed by atoms with E-state index in [-0.39, 0.29) is 9.79 Å². The molecule has 0 aliphatic rings. The van der Waals surface area contributed by atoms with Crippen LogP contribution >= 0.6 is 0 Å². The Morgan fingerprint density at radius 3 is 1.19 bits per heavy atom. The normalized spacial score (nSPS) is 14.4. The van der Waals surface area contributed by atoms with Gasteiger partial charge in [-0.2, -0.15) is 0 Å². The van der Waals surface area contributed by atoms with Crippen LogP contribution in [0.5, 0.6) is 0 Å². The highest BCUT2D eigenvalue weighted by Gasteiger charge is 2.21. The minimum atomic E-state index is -3.52. The van der Waals surface area contributed by atoms with Gasteiger partial charge in [0.05, 0.1) is 9.79 Å². The smallest absolute Gasteiger partial charge is 0.242 e. The predicted octanol–water partition coefficient (Wildman–Crippen LogP) is 3.36. The van der Waals surface area contributed by atoms with Crippen molar-refractivity contribution in [3.63, 3.8) is 0 Å². The van der Waals surface area contributed by atoms with Crippen LogP contribution in [-0.4, -0.2) is 53.6 Å². The van der Waals surface area contributed by atoms with Crippen molar-refractivity contribution in [2.45, 2.75) is 22.0 Å². The van der Waals surface area contributed by atoms with Crippen LogP contribution in [0.1, 0.15) is 23.3 Å². The molecule has 0 N–H and O–H groups in total. The van der Waals surface area contributed by atoms with E-state index in [0.29, 0.717) is 0 Å². The van der Waals surface area contributed by atoms with E-state index in [0.717, 1.165) is 19.7 Å². The van der Waals surface area contributed by atoms with E-state index < -0.39 is 32.3 Å².